The zero-order chi connectivity index (χ0) is 30.0. The molecule has 2 aliphatic rings. The minimum absolute atomic E-state index is 0.0411. The van der Waals surface area contributed by atoms with Crippen LogP contribution in [-0.4, -0.2) is 37.5 Å². The van der Waals surface area contributed by atoms with Gasteiger partial charge in [0, 0.05) is 15.1 Å². The van der Waals surface area contributed by atoms with Gasteiger partial charge >= 0.3 is 0 Å². The number of nitrogens with zero attached hydrogens (tertiary/aromatic N) is 5. The molecule has 1 atom stereocenters. The second kappa shape index (κ2) is 11.4. The molecule has 4 aromatic heterocycles. The van der Waals surface area contributed by atoms with E-state index in [2.05, 4.69) is 64.6 Å². The Morgan fingerprint density at radius 2 is 1.70 bits per heavy atom. The Morgan fingerprint density at radius 3 is 2.49 bits per heavy atom. The van der Waals surface area contributed by atoms with E-state index in [1.54, 1.807) is 22.7 Å². The smallest absolute Gasteiger partial charge is 0.267 e. The van der Waals surface area contributed by atoms with Crippen LogP contribution in [0.1, 0.15) is 70.9 Å². The van der Waals surface area contributed by atoms with Crippen LogP contribution in [0.25, 0.3) is 26.1 Å². The summed E-state index contributed by atoms with van der Waals surface area (Å²) in [6, 6.07) is 6.33. The molecule has 0 radical (unpaired) electrons. The normalized spacial score (nSPS) is 18.1. The van der Waals surface area contributed by atoms with Gasteiger partial charge in [0.05, 0.1) is 17.6 Å². The van der Waals surface area contributed by atoms with Crippen LogP contribution < -0.4 is 5.56 Å². The van der Waals surface area contributed by atoms with Crippen molar-refractivity contribution in [1.29, 1.82) is 0 Å². The predicted molar refractivity (Wildman–Crippen MR) is 181 cm³/mol. The molecular weight excluding hydrogens is 591 g/mol. The number of thiophene rings is 2. The van der Waals surface area contributed by atoms with Gasteiger partial charge in [0.15, 0.2) is 5.16 Å². The fourth-order valence-corrected chi connectivity index (χ4v) is 10.1. The Hall–Kier alpha value is -2.59. The Balaban J connectivity index is 1.41. The minimum atomic E-state index is 0.0411. The maximum atomic E-state index is 14.6. The third-order valence-electron chi connectivity index (χ3n) is 9.38. The van der Waals surface area contributed by atoms with E-state index in [4.69, 9.17) is 15.0 Å². The van der Waals surface area contributed by atoms with Gasteiger partial charge in [0.1, 0.15) is 20.5 Å². The van der Waals surface area contributed by atoms with Crippen LogP contribution in [0, 0.1) is 39.5 Å². The third kappa shape index (κ3) is 5.36. The Labute approximate surface area is 265 Å². The summed E-state index contributed by atoms with van der Waals surface area (Å²) in [6.45, 7) is 16.1. The lowest BCUT2D eigenvalue weighted by Crippen LogP contribution is -2.33. The molecule has 0 bridgehead atoms. The summed E-state index contributed by atoms with van der Waals surface area (Å²) in [6.07, 6.45) is 5.53. The zero-order valence-corrected chi connectivity index (χ0v) is 28.4. The van der Waals surface area contributed by atoms with Crippen molar-refractivity contribution in [3.8, 4) is 5.69 Å². The standard InChI is InChI=1S/C34H39N5OS3/c1-18-11-13-38(14-12-18)17-27-35-30-28(22(5)23(6)41-30)31(36-27)43-34-37-32-29(24-10-8-20(3)16-26(24)42-32)33(40)39(34)25-15-19(2)7-9-21(25)4/h7,9,15,18,20H,8,10-14,16-17H2,1-6H3. The van der Waals surface area contributed by atoms with E-state index in [1.165, 1.54) is 45.5 Å². The number of aromatic nitrogens is 4. The van der Waals surface area contributed by atoms with Gasteiger partial charge in [-0.1, -0.05) is 26.0 Å². The number of benzene rings is 1. The van der Waals surface area contributed by atoms with Crippen LogP contribution in [0.15, 0.2) is 33.2 Å². The van der Waals surface area contributed by atoms with Gasteiger partial charge in [-0.15, -0.1) is 22.7 Å². The molecule has 0 saturated carbocycles. The number of hydrogen-bond acceptors (Lipinski definition) is 8. The Bertz CT molecular complexity index is 1930. The van der Waals surface area contributed by atoms with Gasteiger partial charge in [-0.25, -0.2) is 15.0 Å². The molecule has 1 aliphatic carbocycles. The molecule has 5 heterocycles. The van der Waals surface area contributed by atoms with E-state index in [-0.39, 0.29) is 5.56 Å². The van der Waals surface area contributed by atoms with E-state index in [1.807, 2.05) is 4.57 Å². The number of fused-ring (bicyclic) bond motifs is 4. The first kappa shape index (κ1) is 29.1. The SMILES string of the molecule is Cc1ccc(C)c(-n2c(Sc3nc(CN4CCC(C)CC4)nc4sc(C)c(C)c34)nc3sc4c(c3c2=O)CCC(C)C4)c1. The summed E-state index contributed by atoms with van der Waals surface area (Å²) in [5.41, 5.74) is 5.55. The van der Waals surface area contributed by atoms with Gasteiger partial charge in [0.25, 0.3) is 5.56 Å². The minimum Gasteiger partial charge on any atom is -0.296 e. The first-order chi connectivity index (χ1) is 20.7. The van der Waals surface area contributed by atoms with E-state index < -0.39 is 0 Å². The van der Waals surface area contributed by atoms with E-state index in [0.29, 0.717) is 11.1 Å². The molecule has 224 valence electrons. The highest BCUT2D eigenvalue weighted by Crippen LogP contribution is 2.41. The van der Waals surface area contributed by atoms with Crippen molar-refractivity contribution in [1.82, 2.24) is 24.4 Å². The Morgan fingerprint density at radius 1 is 0.930 bits per heavy atom. The second-order valence-electron chi connectivity index (χ2n) is 12.8. The van der Waals surface area contributed by atoms with Crippen molar-refractivity contribution >= 4 is 54.9 Å². The third-order valence-corrected chi connectivity index (χ3v) is 12.6. The Kier molecular flexibility index (Phi) is 7.73. The van der Waals surface area contributed by atoms with Crippen LogP contribution in [0.3, 0.4) is 0 Å². The summed E-state index contributed by atoms with van der Waals surface area (Å²) < 4.78 is 1.87. The number of rotatable bonds is 5. The molecule has 0 N–H and O–H groups in total. The largest absolute Gasteiger partial charge is 0.296 e. The van der Waals surface area contributed by atoms with Gasteiger partial charge < -0.3 is 0 Å². The van der Waals surface area contributed by atoms with Crippen LogP contribution in [0.5, 0.6) is 0 Å². The monoisotopic (exact) mass is 629 g/mol. The van der Waals surface area contributed by atoms with Crippen molar-refractivity contribution in [2.24, 2.45) is 11.8 Å². The molecule has 5 aromatic rings. The van der Waals surface area contributed by atoms with Gasteiger partial charge in [0.2, 0.25) is 0 Å². The first-order valence-electron chi connectivity index (χ1n) is 15.5. The second-order valence-corrected chi connectivity index (χ2v) is 16.1. The fourth-order valence-electron chi connectivity index (χ4n) is 6.52. The van der Waals surface area contributed by atoms with Gasteiger partial charge in [-0.2, -0.15) is 0 Å². The van der Waals surface area contributed by atoms with Gasteiger partial charge in [-0.05, 0) is 125 Å². The molecule has 7 rings (SSSR count). The zero-order valence-electron chi connectivity index (χ0n) is 25.9. The topological polar surface area (TPSA) is 63.9 Å². The van der Waals surface area contributed by atoms with Crippen LogP contribution in [0.4, 0.5) is 0 Å². The fraction of sp³-hybridized carbons (Fsp3) is 0.471. The maximum Gasteiger partial charge on any atom is 0.267 e. The number of likely N-dealkylation sites (tertiary alicyclic amines) is 1. The highest BCUT2D eigenvalue weighted by Gasteiger charge is 2.27. The van der Waals surface area contributed by atoms with Crippen molar-refractivity contribution in [2.75, 3.05) is 13.1 Å². The summed E-state index contributed by atoms with van der Waals surface area (Å²) in [5, 5.41) is 3.48. The average molecular weight is 630 g/mol. The lowest BCUT2D eigenvalue weighted by atomic mass is 9.89. The van der Waals surface area contributed by atoms with E-state index in [9.17, 15) is 4.79 Å². The molecule has 0 amide bonds. The molecule has 43 heavy (non-hydrogen) atoms. The summed E-state index contributed by atoms with van der Waals surface area (Å²) >= 11 is 4.98. The lowest BCUT2D eigenvalue weighted by Gasteiger charge is -2.29. The maximum absolute atomic E-state index is 14.6. The summed E-state index contributed by atoms with van der Waals surface area (Å²) in [4.78, 5) is 37.1. The molecule has 1 unspecified atom stereocenters. The van der Waals surface area contributed by atoms with Crippen LogP contribution in [0.2, 0.25) is 0 Å². The van der Waals surface area contributed by atoms with E-state index >= 15 is 0 Å². The molecule has 6 nitrogen and oxygen atoms in total. The number of aryl methyl sites for hydroxylation is 5. The molecule has 0 spiro atoms. The first-order valence-corrected chi connectivity index (χ1v) is 17.9. The quantitative estimate of drug-likeness (QED) is 0.144. The van der Waals surface area contributed by atoms with Crippen molar-refractivity contribution < 1.29 is 0 Å². The van der Waals surface area contributed by atoms with Crippen LogP contribution >= 0.6 is 34.4 Å². The summed E-state index contributed by atoms with van der Waals surface area (Å²) in [5.74, 6) is 2.27. The number of piperidine rings is 1. The number of hydrogen-bond donors (Lipinski definition) is 0. The lowest BCUT2D eigenvalue weighted by molar-refractivity contribution is 0.181. The molecule has 1 aromatic carbocycles. The molecular formula is C34H39N5OS3. The molecule has 1 saturated heterocycles. The van der Waals surface area contributed by atoms with Crippen molar-refractivity contribution in [3.63, 3.8) is 0 Å². The average Bonchev–Trinajstić information content (AvgIpc) is 3.47. The predicted octanol–water partition coefficient (Wildman–Crippen LogP) is 8.19. The molecule has 1 aliphatic heterocycles. The molecule has 1 fully saturated rings. The van der Waals surface area contributed by atoms with E-state index in [0.717, 1.165) is 92.9 Å². The van der Waals surface area contributed by atoms with Crippen molar-refractivity contribution in [3.05, 3.63) is 66.4 Å². The highest BCUT2D eigenvalue weighted by atomic mass is 32.2. The summed E-state index contributed by atoms with van der Waals surface area (Å²) in [7, 11) is 0. The van der Waals surface area contributed by atoms with Crippen LogP contribution in [-0.2, 0) is 19.4 Å². The highest BCUT2D eigenvalue weighted by molar-refractivity contribution is 7.99. The molecule has 9 heteroatoms. The van der Waals surface area contributed by atoms with Gasteiger partial charge in [-0.3, -0.25) is 14.3 Å². The van der Waals surface area contributed by atoms with Crippen molar-refractivity contribution in [2.45, 2.75) is 90.4 Å².